The highest BCUT2D eigenvalue weighted by Crippen LogP contribution is 2.55. The van der Waals surface area contributed by atoms with Gasteiger partial charge in [-0.3, -0.25) is 0 Å². The maximum Gasteiger partial charge on any atom is 0.220 e. The van der Waals surface area contributed by atoms with Crippen LogP contribution >= 0.6 is 22.7 Å². The molecule has 0 unspecified atom stereocenters. The van der Waals surface area contributed by atoms with E-state index in [1.165, 1.54) is 25.7 Å². The smallest absolute Gasteiger partial charge is 0.220 e. The summed E-state index contributed by atoms with van der Waals surface area (Å²) in [6.45, 7) is 9.57. The van der Waals surface area contributed by atoms with E-state index in [0.717, 1.165) is 114 Å². The van der Waals surface area contributed by atoms with Crippen LogP contribution in [0.25, 0.3) is 156 Å². The summed E-state index contributed by atoms with van der Waals surface area (Å²) in [5.41, 5.74) is 16.1. The van der Waals surface area contributed by atoms with E-state index in [0.29, 0.717) is 22.5 Å². The van der Waals surface area contributed by atoms with E-state index in [2.05, 4.69) is 251 Å². The van der Waals surface area contributed by atoms with Gasteiger partial charge in [0.2, 0.25) is 5.69 Å². The number of nitriles is 1. The summed E-state index contributed by atoms with van der Waals surface area (Å²) in [5, 5.41) is 21.4. The van der Waals surface area contributed by atoms with Gasteiger partial charge in [0.25, 0.3) is 0 Å². The number of hydrogen-bond acceptors (Lipinski definition) is 3. The van der Waals surface area contributed by atoms with Gasteiger partial charge < -0.3 is 9.13 Å². The number of hydrogen-bond donors (Lipinski definition) is 0. The number of benzene rings is 12. The second-order valence-electron chi connectivity index (χ2n) is 20.4. The molecule has 4 heterocycles. The lowest BCUT2D eigenvalue weighted by atomic mass is 9.88. The molecule has 80 heavy (non-hydrogen) atoms. The number of rotatable bonds is 7. The van der Waals surface area contributed by atoms with Gasteiger partial charge in [-0.1, -0.05) is 218 Å². The lowest BCUT2D eigenvalue weighted by Crippen LogP contribution is -2.09. The zero-order valence-electron chi connectivity index (χ0n) is 42.9. The highest BCUT2D eigenvalue weighted by molar-refractivity contribution is 7.27. The van der Waals surface area contributed by atoms with Gasteiger partial charge in [-0.25, -0.2) is 4.85 Å². The van der Waals surface area contributed by atoms with E-state index < -0.39 is 0 Å². The zero-order chi connectivity index (χ0) is 53.0. The molecule has 4 aromatic heterocycles. The van der Waals surface area contributed by atoms with E-state index in [4.69, 9.17) is 0 Å². The quantitative estimate of drug-likeness (QED) is 0.147. The highest BCUT2D eigenvalue weighted by atomic mass is 32.1. The predicted octanol–water partition coefficient (Wildman–Crippen LogP) is 21.4. The second kappa shape index (κ2) is 18.1. The first kappa shape index (κ1) is 45.8. The molecule has 0 saturated carbocycles. The third-order valence-corrected chi connectivity index (χ3v) is 18.6. The Kier molecular flexibility index (Phi) is 10.4. The minimum Gasteiger partial charge on any atom is -0.318 e. The third-order valence-electron chi connectivity index (χ3n) is 16.2. The molecule has 0 bridgehead atoms. The SMILES string of the molecule is [C-]#[N+]c1c(-c2ccccc2)c(C#N)c(-n2c3c(ccc4c5ccccc5sc43)c3ccc4c5cc(-c6ccccc6)ccc5sc4c32)c(-c2ccccc2)c1-n1c2ccccc2c2cc(-c3ccccc3)c(-c3ccccc3)cc21. The molecule has 16 rings (SSSR count). The monoisotopic (exact) mass is 1050 g/mol. The Labute approximate surface area is 468 Å². The van der Waals surface area contributed by atoms with Crippen LogP contribution in [-0.2, 0) is 0 Å². The lowest BCUT2D eigenvalue weighted by Gasteiger charge is -2.26. The predicted molar refractivity (Wildman–Crippen MR) is 339 cm³/mol. The van der Waals surface area contributed by atoms with Crippen LogP contribution in [0.5, 0.6) is 0 Å². The van der Waals surface area contributed by atoms with Crippen molar-refractivity contribution in [1.82, 2.24) is 9.13 Å². The highest BCUT2D eigenvalue weighted by Gasteiger charge is 2.33. The molecule has 370 valence electrons. The molecule has 0 fully saturated rings. The van der Waals surface area contributed by atoms with Crippen molar-refractivity contribution >= 4 is 112 Å². The molecule has 16 aromatic rings. The summed E-state index contributed by atoms with van der Waals surface area (Å²) in [4.78, 5) is 4.67. The van der Waals surface area contributed by atoms with Crippen molar-refractivity contribution in [2.24, 2.45) is 0 Å². The standard InChI is InChI=1S/C74H42N4S2/c1-76-68-66(48-27-13-5-14-28-48)61(44-75)69(67(49-29-15-6-16-30-49)72(68)77-62-33-19-17-31-51(62)59-42-57(46-23-9-3-10-24-46)58(43-63(59)77)47-25-11-4-12-26-47)78-70-53(36-38-55-52-32-18-20-34-64(52)79-73(55)70)54-37-39-56-60-41-50(45-21-7-2-8-22-45)35-40-65(60)80-74(56)71(54)78/h2-43H. The van der Waals surface area contributed by atoms with Crippen LogP contribution in [0.1, 0.15) is 5.56 Å². The minimum absolute atomic E-state index is 0.402. The van der Waals surface area contributed by atoms with Crippen LogP contribution in [0.15, 0.2) is 255 Å². The summed E-state index contributed by atoms with van der Waals surface area (Å²) in [6.07, 6.45) is 0. The van der Waals surface area contributed by atoms with E-state index in [1.54, 1.807) is 22.7 Å². The molecule has 0 aliphatic heterocycles. The molecule has 0 aliphatic rings. The molecular formula is C74H42N4S2. The summed E-state index contributed by atoms with van der Waals surface area (Å²) >= 11 is 3.60. The first-order chi connectivity index (χ1) is 39.6. The van der Waals surface area contributed by atoms with Gasteiger partial charge in [-0.2, -0.15) is 5.26 Å². The normalized spacial score (nSPS) is 11.7. The number of fused-ring (bicyclic) bond motifs is 14. The Balaban J connectivity index is 1.16. The Bertz CT molecular complexity index is 5290. The van der Waals surface area contributed by atoms with E-state index >= 15 is 0 Å². The molecule has 0 radical (unpaired) electrons. The summed E-state index contributed by atoms with van der Waals surface area (Å²) < 4.78 is 9.45. The fraction of sp³-hybridized carbons (Fsp3) is 0. The average molecular weight is 1050 g/mol. The van der Waals surface area contributed by atoms with Gasteiger partial charge in [0.15, 0.2) is 0 Å². The summed E-state index contributed by atoms with van der Waals surface area (Å²) in [6, 6.07) is 93.4. The van der Waals surface area contributed by atoms with Crippen LogP contribution in [0.2, 0.25) is 0 Å². The third kappa shape index (κ3) is 6.77. The molecule has 4 nitrogen and oxygen atoms in total. The van der Waals surface area contributed by atoms with Crippen LogP contribution < -0.4 is 0 Å². The minimum atomic E-state index is 0.402. The topological polar surface area (TPSA) is 38.0 Å². The Morgan fingerprint density at radius 3 is 1.44 bits per heavy atom. The van der Waals surface area contributed by atoms with Gasteiger partial charge in [0.1, 0.15) is 6.07 Å². The van der Waals surface area contributed by atoms with Crippen molar-refractivity contribution in [2.45, 2.75) is 0 Å². The fourth-order valence-corrected chi connectivity index (χ4v) is 15.2. The van der Waals surface area contributed by atoms with Crippen LogP contribution in [0.3, 0.4) is 0 Å². The molecule has 0 aliphatic carbocycles. The zero-order valence-corrected chi connectivity index (χ0v) is 44.5. The number of aromatic nitrogens is 2. The Morgan fingerprint density at radius 2 is 0.838 bits per heavy atom. The number of para-hydroxylation sites is 1. The van der Waals surface area contributed by atoms with Crippen molar-refractivity contribution in [2.75, 3.05) is 0 Å². The van der Waals surface area contributed by atoms with Gasteiger partial charge in [0.05, 0.1) is 55.0 Å². The van der Waals surface area contributed by atoms with Crippen LogP contribution in [0.4, 0.5) is 5.69 Å². The maximum absolute atomic E-state index is 12.4. The van der Waals surface area contributed by atoms with E-state index in [1.807, 2.05) is 24.3 Å². The van der Waals surface area contributed by atoms with Gasteiger partial charge >= 0.3 is 0 Å². The van der Waals surface area contributed by atoms with Crippen molar-refractivity contribution in [1.29, 1.82) is 5.26 Å². The molecule has 6 heteroatoms. The van der Waals surface area contributed by atoms with Crippen molar-refractivity contribution in [3.05, 3.63) is 272 Å². The van der Waals surface area contributed by atoms with Crippen LogP contribution in [0, 0.1) is 17.9 Å². The lowest BCUT2D eigenvalue weighted by molar-refractivity contribution is 1.14. The molecule has 12 aromatic carbocycles. The molecule has 0 atom stereocenters. The van der Waals surface area contributed by atoms with Gasteiger partial charge in [-0.15, -0.1) is 22.7 Å². The van der Waals surface area contributed by atoms with E-state index in [9.17, 15) is 11.8 Å². The van der Waals surface area contributed by atoms with Gasteiger partial charge in [0, 0.05) is 63.6 Å². The second-order valence-corrected chi connectivity index (χ2v) is 22.5. The van der Waals surface area contributed by atoms with Crippen molar-refractivity contribution in [3.8, 4) is 73.1 Å². The molecule has 0 saturated heterocycles. The van der Waals surface area contributed by atoms with Crippen LogP contribution in [-0.4, -0.2) is 9.13 Å². The Hall–Kier alpha value is -10.3. The molecule has 0 spiro atoms. The number of thiophene rings is 2. The molecular weight excluding hydrogens is 1010 g/mol. The number of nitrogens with zero attached hydrogens (tertiary/aromatic N) is 4. The molecule has 0 amide bonds. The van der Waals surface area contributed by atoms with Crippen molar-refractivity contribution < 1.29 is 0 Å². The summed E-state index contributed by atoms with van der Waals surface area (Å²) in [7, 11) is 0. The maximum atomic E-state index is 12.4. The summed E-state index contributed by atoms with van der Waals surface area (Å²) in [5.74, 6) is 0. The van der Waals surface area contributed by atoms with Gasteiger partial charge in [-0.05, 0) is 80.9 Å². The largest absolute Gasteiger partial charge is 0.318 e. The van der Waals surface area contributed by atoms with Crippen molar-refractivity contribution in [3.63, 3.8) is 0 Å². The molecule has 0 N–H and O–H groups in total. The Morgan fingerprint density at radius 1 is 0.350 bits per heavy atom. The first-order valence-electron chi connectivity index (χ1n) is 26.8. The average Bonchev–Trinajstić information content (AvgIpc) is 4.26. The first-order valence-corrected chi connectivity index (χ1v) is 28.4. The fourth-order valence-electron chi connectivity index (χ4n) is 12.7. The van der Waals surface area contributed by atoms with E-state index in [-0.39, 0.29) is 0 Å².